The minimum Gasteiger partial charge on any atom is -0.267 e. The van der Waals surface area contributed by atoms with Gasteiger partial charge in [-0.05, 0) is 19.4 Å². The number of nitrogens with one attached hydrogen (secondary N) is 1. The predicted octanol–water partition coefficient (Wildman–Crippen LogP) is 2.42. The number of amides is 1. The van der Waals surface area contributed by atoms with Gasteiger partial charge < -0.3 is 0 Å². The summed E-state index contributed by atoms with van der Waals surface area (Å²) >= 11 is 0. The molecule has 6 nitrogen and oxygen atoms in total. The Morgan fingerprint density at radius 1 is 1.56 bits per heavy atom. The van der Waals surface area contributed by atoms with Gasteiger partial charge in [-0.15, -0.1) is 0 Å². The first-order chi connectivity index (χ1) is 8.56. The molecular formula is C12H15N3O3. The summed E-state index contributed by atoms with van der Waals surface area (Å²) in [7, 11) is 0. The Morgan fingerprint density at radius 3 is 2.89 bits per heavy atom. The molecule has 0 saturated carbocycles. The fourth-order valence-corrected chi connectivity index (χ4v) is 1.31. The lowest BCUT2D eigenvalue weighted by atomic mass is 10.1. The van der Waals surface area contributed by atoms with Gasteiger partial charge in [-0.2, -0.15) is 5.10 Å². The lowest BCUT2D eigenvalue weighted by molar-refractivity contribution is -0.385. The van der Waals surface area contributed by atoms with E-state index in [0.717, 1.165) is 12.8 Å². The zero-order valence-corrected chi connectivity index (χ0v) is 10.3. The van der Waals surface area contributed by atoms with Crippen LogP contribution in [0.1, 0.15) is 35.7 Å². The molecule has 6 heteroatoms. The molecule has 0 bridgehead atoms. The highest BCUT2D eigenvalue weighted by atomic mass is 16.6. The van der Waals surface area contributed by atoms with E-state index in [9.17, 15) is 14.9 Å². The summed E-state index contributed by atoms with van der Waals surface area (Å²) in [6.45, 7) is 3.62. The molecule has 0 heterocycles. The summed E-state index contributed by atoms with van der Waals surface area (Å²) in [6.07, 6.45) is 3.31. The quantitative estimate of drug-likeness (QED) is 0.494. The molecule has 18 heavy (non-hydrogen) atoms. The van der Waals surface area contributed by atoms with Crippen molar-refractivity contribution in [1.82, 2.24) is 5.43 Å². The second kappa shape index (κ2) is 6.48. The molecular weight excluding hydrogens is 234 g/mol. The van der Waals surface area contributed by atoms with E-state index in [1.165, 1.54) is 12.1 Å². The number of nitro groups is 1. The third kappa shape index (κ3) is 3.65. The second-order valence-corrected chi connectivity index (χ2v) is 3.80. The minimum absolute atomic E-state index is 0.0693. The first-order valence-electron chi connectivity index (χ1n) is 5.63. The standard InChI is InChI=1S/C12H15N3O3/c1-3-4-7-13-14-12(16)10-6-5-9(2)11(8-10)15(17)18/h5-8H,3-4H2,1-2H3,(H,14,16). The van der Waals surface area contributed by atoms with Crippen LogP contribution in [0.25, 0.3) is 0 Å². The van der Waals surface area contributed by atoms with E-state index in [4.69, 9.17) is 0 Å². The van der Waals surface area contributed by atoms with E-state index in [1.807, 2.05) is 6.92 Å². The molecule has 1 amide bonds. The average molecular weight is 249 g/mol. The van der Waals surface area contributed by atoms with Gasteiger partial charge in [-0.1, -0.05) is 19.4 Å². The minimum atomic E-state index is -0.507. The molecule has 1 aromatic carbocycles. The Morgan fingerprint density at radius 2 is 2.28 bits per heavy atom. The summed E-state index contributed by atoms with van der Waals surface area (Å²) in [5, 5.41) is 14.5. The van der Waals surface area contributed by atoms with E-state index < -0.39 is 10.8 Å². The predicted molar refractivity (Wildman–Crippen MR) is 68.7 cm³/mol. The zero-order valence-electron chi connectivity index (χ0n) is 10.3. The Bertz CT molecular complexity index is 483. The van der Waals surface area contributed by atoms with E-state index >= 15 is 0 Å². The molecule has 0 aliphatic carbocycles. The van der Waals surface area contributed by atoms with Crippen LogP contribution in [0, 0.1) is 17.0 Å². The lowest BCUT2D eigenvalue weighted by Gasteiger charge is -2.01. The topological polar surface area (TPSA) is 84.6 Å². The van der Waals surface area contributed by atoms with Gasteiger partial charge in [-0.3, -0.25) is 14.9 Å². The molecule has 0 aliphatic heterocycles. The number of aryl methyl sites for hydroxylation is 1. The van der Waals surface area contributed by atoms with Crippen LogP contribution in [0.4, 0.5) is 5.69 Å². The molecule has 0 radical (unpaired) electrons. The summed E-state index contributed by atoms with van der Waals surface area (Å²) in [4.78, 5) is 21.9. The number of unbranched alkanes of at least 4 members (excludes halogenated alkanes) is 1. The summed E-state index contributed by atoms with van der Waals surface area (Å²) in [5.41, 5.74) is 3.00. The van der Waals surface area contributed by atoms with E-state index in [-0.39, 0.29) is 11.3 Å². The molecule has 0 spiro atoms. The van der Waals surface area contributed by atoms with Gasteiger partial charge in [0.25, 0.3) is 11.6 Å². The van der Waals surface area contributed by atoms with Crippen LogP contribution in [0.3, 0.4) is 0 Å². The molecule has 96 valence electrons. The number of benzene rings is 1. The Balaban J connectivity index is 2.80. The Kier molecular flexibility index (Phi) is 4.98. The zero-order chi connectivity index (χ0) is 13.5. The second-order valence-electron chi connectivity index (χ2n) is 3.80. The number of carbonyl (C=O) groups excluding carboxylic acids is 1. The van der Waals surface area contributed by atoms with Gasteiger partial charge in [0.05, 0.1) is 4.92 Å². The largest absolute Gasteiger partial charge is 0.273 e. The Labute approximate surface area is 105 Å². The molecule has 1 aromatic rings. The maximum absolute atomic E-state index is 11.6. The average Bonchev–Trinajstić information content (AvgIpc) is 2.34. The van der Waals surface area contributed by atoms with Gasteiger partial charge in [0.15, 0.2) is 0 Å². The molecule has 0 aromatic heterocycles. The van der Waals surface area contributed by atoms with Crippen molar-refractivity contribution in [1.29, 1.82) is 0 Å². The van der Waals surface area contributed by atoms with Crippen molar-refractivity contribution in [2.75, 3.05) is 0 Å². The van der Waals surface area contributed by atoms with Crippen molar-refractivity contribution in [2.24, 2.45) is 5.10 Å². The van der Waals surface area contributed by atoms with Crippen LogP contribution < -0.4 is 5.43 Å². The fourth-order valence-electron chi connectivity index (χ4n) is 1.31. The van der Waals surface area contributed by atoms with E-state index in [1.54, 1.807) is 19.2 Å². The monoisotopic (exact) mass is 249 g/mol. The van der Waals surface area contributed by atoms with Crippen LogP contribution >= 0.6 is 0 Å². The van der Waals surface area contributed by atoms with Crippen LogP contribution in [-0.4, -0.2) is 17.0 Å². The number of nitro benzene ring substituents is 1. The number of nitrogens with zero attached hydrogens (tertiary/aromatic N) is 2. The molecule has 0 saturated heterocycles. The number of rotatable bonds is 5. The van der Waals surface area contributed by atoms with Crippen molar-refractivity contribution in [3.05, 3.63) is 39.4 Å². The third-order valence-electron chi connectivity index (χ3n) is 2.34. The highest BCUT2D eigenvalue weighted by Gasteiger charge is 2.14. The summed E-state index contributed by atoms with van der Waals surface area (Å²) < 4.78 is 0. The summed E-state index contributed by atoms with van der Waals surface area (Å²) in [5.74, 6) is -0.453. The molecule has 0 aliphatic rings. The number of hydrogen-bond donors (Lipinski definition) is 1. The SMILES string of the molecule is CCCC=NNC(=O)c1ccc(C)c([N+](=O)[O-])c1. The van der Waals surface area contributed by atoms with Crippen molar-refractivity contribution < 1.29 is 9.72 Å². The van der Waals surface area contributed by atoms with E-state index in [2.05, 4.69) is 10.5 Å². The van der Waals surface area contributed by atoms with Gasteiger partial charge in [0.2, 0.25) is 0 Å². The van der Waals surface area contributed by atoms with E-state index in [0.29, 0.717) is 5.56 Å². The van der Waals surface area contributed by atoms with Gasteiger partial charge in [0.1, 0.15) is 0 Å². The molecule has 1 rings (SSSR count). The van der Waals surface area contributed by atoms with Crippen molar-refractivity contribution in [3.8, 4) is 0 Å². The lowest BCUT2D eigenvalue weighted by Crippen LogP contribution is -2.17. The normalized spacial score (nSPS) is 10.6. The van der Waals surface area contributed by atoms with Gasteiger partial charge in [-0.25, -0.2) is 5.43 Å². The summed E-state index contributed by atoms with van der Waals surface area (Å²) in [6, 6.07) is 4.33. The molecule has 0 unspecified atom stereocenters. The van der Waals surface area contributed by atoms with Gasteiger partial charge >= 0.3 is 0 Å². The van der Waals surface area contributed by atoms with Gasteiger partial charge in [0, 0.05) is 23.4 Å². The third-order valence-corrected chi connectivity index (χ3v) is 2.34. The number of hydrogen-bond acceptors (Lipinski definition) is 4. The van der Waals surface area contributed by atoms with Crippen LogP contribution in [0.5, 0.6) is 0 Å². The molecule has 0 atom stereocenters. The highest BCUT2D eigenvalue weighted by Crippen LogP contribution is 2.19. The molecule has 1 N–H and O–H groups in total. The van der Waals surface area contributed by atoms with Crippen molar-refractivity contribution in [2.45, 2.75) is 26.7 Å². The highest BCUT2D eigenvalue weighted by molar-refractivity contribution is 5.95. The maximum Gasteiger partial charge on any atom is 0.273 e. The maximum atomic E-state index is 11.6. The number of hydrazone groups is 1. The van der Waals surface area contributed by atoms with Crippen molar-refractivity contribution >= 4 is 17.8 Å². The molecule has 0 fully saturated rings. The smallest absolute Gasteiger partial charge is 0.267 e. The van der Waals surface area contributed by atoms with Crippen LogP contribution in [0.2, 0.25) is 0 Å². The van der Waals surface area contributed by atoms with Crippen LogP contribution in [0.15, 0.2) is 23.3 Å². The fraction of sp³-hybridized carbons (Fsp3) is 0.333. The first-order valence-corrected chi connectivity index (χ1v) is 5.63. The Hall–Kier alpha value is -2.24. The number of carbonyl (C=O) groups is 1. The first kappa shape index (κ1) is 13.8. The van der Waals surface area contributed by atoms with Crippen molar-refractivity contribution in [3.63, 3.8) is 0 Å². The van der Waals surface area contributed by atoms with Crippen LogP contribution in [-0.2, 0) is 0 Å².